The van der Waals surface area contributed by atoms with E-state index in [0.717, 1.165) is 0 Å². The Morgan fingerprint density at radius 2 is 1.41 bits per heavy atom. The maximum absolute atomic E-state index is 12.0. The average molecular weight is 223 g/mol. The second kappa shape index (κ2) is 3.56. The quantitative estimate of drug-likeness (QED) is 0.634. The largest absolute Gasteiger partial charge is 0.321 e. The van der Waals surface area contributed by atoms with Crippen LogP contribution in [-0.4, -0.2) is 4.98 Å². The third-order valence-electron chi connectivity index (χ3n) is 2.83. The van der Waals surface area contributed by atoms with Crippen molar-refractivity contribution in [3.05, 3.63) is 69.1 Å². The predicted octanol–water partition coefficient (Wildman–Crippen LogP) is 2.04. The molecule has 0 aliphatic rings. The van der Waals surface area contributed by atoms with Crippen molar-refractivity contribution in [2.45, 2.75) is 0 Å². The van der Waals surface area contributed by atoms with Crippen molar-refractivity contribution in [1.82, 2.24) is 4.98 Å². The number of aromatic amines is 1. The number of nitrogens with one attached hydrogen (secondary N) is 1. The van der Waals surface area contributed by atoms with E-state index in [1.165, 1.54) is 6.07 Å². The smallest absolute Gasteiger partial charge is 0.256 e. The zero-order valence-electron chi connectivity index (χ0n) is 8.94. The molecule has 0 atom stereocenters. The van der Waals surface area contributed by atoms with Crippen LogP contribution in [0.15, 0.2) is 58.1 Å². The normalized spacial score (nSPS) is 10.8. The molecule has 0 bridgehead atoms. The van der Waals surface area contributed by atoms with E-state index in [1.54, 1.807) is 36.4 Å². The SMILES string of the molecule is O=c1[nH]c2ccccc(=O)c2c2ccccc12. The maximum Gasteiger partial charge on any atom is 0.256 e. The van der Waals surface area contributed by atoms with Gasteiger partial charge in [0, 0.05) is 10.8 Å². The number of pyridine rings is 1. The summed E-state index contributed by atoms with van der Waals surface area (Å²) in [4.78, 5) is 26.6. The van der Waals surface area contributed by atoms with Crippen molar-refractivity contribution in [3.63, 3.8) is 0 Å². The van der Waals surface area contributed by atoms with Gasteiger partial charge in [0.2, 0.25) is 0 Å². The Labute approximate surface area is 96.3 Å². The van der Waals surface area contributed by atoms with Gasteiger partial charge in [0.05, 0.1) is 10.9 Å². The summed E-state index contributed by atoms with van der Waals surface area (Å²) in [6, 6.07) is 13.8. The molecular weight excluding hydrogens is 214 g/mol. The molecule has 1 N–H and O–H groups in total. The number of benzene rings is 1. The van der Waals surface area contributed by atoms with Crippen LogP contribution in [0.1, 0.15) is 0 Å². The summed E-state index contributed by atoms with van der Waals surface area (Å²) >= 11 is 0. The van der Waals surface area contributed by atoms with Gasteiger partial charge >= 0.3 is 0 Å². The standard InChI is InChI=1S/C14H9NO2/c16-12-8-4-3-7-11-13(12)9-5-1-2-6-10(9)14(17)15-11/h1-8H,(H,15,17). The summed E-state index contributed by atoms with van der Waals surface area (Å²) in [7, 11) is 0. The van der Waals surface area contributed by atoms with Crippen molar-refractivity contribution in [3.8, 4) is 0 Å². The Kier molecular flexibility index (Phi) is 2.05. The number of fused-ring (bicyclic) bond motifs is 3. The molecule has 1 heterocycles. The van der Waals surface area contributed by atoms with Crippen molar-refractivity contribution in [1.29, 1.82) is 0 Å². The highest BCUT2D eigenvalue weighted by Gasteiger charge is 2.05. The molecule has 0 unspecified atom stereocenters. The van der Waals surface area contributed by atoms with Gasteiger partial charge in [0.1, 0.15) is 0 Å². The fraction of sp³-hybridized carbons (Fsp3) is 0. The Morgan fingerprint density at radius 1 is 0.765 bits per heavy atom. The summed E-state index contributed by atoms with van der Waals surface area (Å²) in [5.74, 6) is 0. The number of hydrogen-bond acceptors (Lipinski definition) is 2. The zero-order chi connectivity index (χ0) is 11.8. The molecule has 17 heavy (non-hydrogen) atoms. The van der Waals surface area contributed by atoms with Crippen LogP contribution in [0.25, 0.3) is 21.7 Å². The Bertz CT molecular complexity index is 834. The molecule has 0 amide bonds. The van der Waals surface area contributed by atoms with E-state index in [4.69, 9.17) is 0 Å². The van der Waals surface area contributed by atoms with Gasteiger partial charge in [0.15, 0.2) is 5.43 Å². The van der Waals surface area contributed by atoms with Gasteiger partial charge in [-0.15, -0.1) is 0 Å². The molecule has 3 aromatic rings. The number of aromatic nitrogens is 1. The van der Waals surface area contributed by atoms with Crippen LogP contribution < -0.4 is 11.0 Å². The van der Waals surface area contributed by atoms with Gasteiger partial charge in [-0.25, -0.2) is 0 Å². The van der Waals surface area contributed by atoms with Crippen molar-refractivity contribution < 1.29 is 0 Å². The summed E-state index contributed by atoms with van der Waals surface area (Å²) < 4.78 is 0. The lowest BCUT2D eigenvalue weighted by atomic mass is 10.1. The van der Waals surface area contributed by atoms with Gasteiger partial charge in [-0.1, -0.05) is 30.3 Å². The van der Waals surface area contributed by atoms with Crippen LogP contribution in [0.2, 0.25) is 0 Å². The van der Waals surface area contributed by atoms with Gasteiger partial charge in [0.25, 0.3) is 5.56 Å². The molecule has 0 aliphatic heterocycles. The first kappa shape index (κ1) is 9.78. The predicted molar refractivity (Wildman–Crippen MR) is 68.3 cm³/mol. The van der Waals surface area contributed by atoms with Crippen LogP contribution in [-0.2, 0) is 0 Å². The molecule has 82 valence electrons. The molecular formula is C14H9NO2. The topological polar surface area (TPSA) is 49.9 Å². The first-order valence-electron chi connectivity index (χ1n) is 5.31. The van der Waals surface area contributed by atoms with Crippen LogP contribution >= 0.6 is 0 Å². The maximum atomic E-state index is 12.0. The van der Waals surface area contributed by atoms with E-state index in [-0.39, 0.29) is 11.0 Å². The Morgan fingerprint density at radius 3 is 2.24 bits per heavy atom. The number of rotatable bonds is 0. The fourth-order valence-electron chi connectivity index (χ4n) is 2.06. The highest BCUT2D eigenvalue weighted by molar-refractivity contribution is 6.04. The molecule has 1 aromatic heterocycles. The molecule has 0 saturated heterocycles. The highest BCUT2D eigenvalue weighted by atomic mass is 16.1. The van der Waals surface area contributed by atoms with E-state index in [9.17, 15) is 9.59 Å². The van der Waals surface area contributed by atoms with Crippen LogP contribution in [0.5, 0.6) is 0 Å². The molecule has 2 aromatic carbocycles. The lowest BCUT2D eigenvalue weighted by molar-refractivity contribution is 1.35. The molecule has 0 radical (unpaired) electrons. The van der Waals surface area contributed by atoms with Gasteiger partial charge in [-0.3, -0.25) is 9.59 Å². The minimum absolute atomic E-state index is 0.0857. The summed E-state index contributed by atoms with van der Waals surface area (Å²) in [6.45, 7) is 0. The monoisotopic (exact) mass is 223 g/mol. The fourth-order valence-corrected chi connectivity index (χ4v) is 2.06. The van der Waals surface area contributed by atoms with Crippen LogP contribution in [0, 0.1) is 0 Å². The average Bonchev–Trinajstić information content (AvgIpc) is 2.52. The minimum Gasteiger partial charge on any atom is -0.321 e. The van der Waals surface area contributed by atoms with Gasteiger partial charge in [-0.2, -0.15) is 0 Å². The van der Waals surface area contributed by atoms with E-state index in [1.807, 2.05) is 6.07 Å². The van der Waals surface area contributed by atoms with Gasteiger partial charge in [-0.05, 0) is 18.2 Å². The highest BCUT2D eigenvalue weighted by Crippen LogP contribution is 2.16. The summed E-state index contributed by atoms with van der Waals surface area (Å²) in [6.07, 6.45) is 0. The van der Waals surface area contributed by atoms with Crippen molar-refractivity contribution in [2.75, 3.05) is 0 Å². The minimum atomic E-state index is -0.168. The summed E-state index contributed by atoms with van der Waals surface area (Å²) in [5, 5.41) is 1.81. The summed E-state index contributed by atoms with van der Waals surface area (Å²) in [5.41, 5.74) is 0.319. The van der Waals surface area contributed by atoms with E-state index in [0.29, 0.717) is 21.7 Å². The molecule has 0 aliphatic carbocycles. The van der Waals surface area contributed by atoms with E-state index >= 15 is 0 Å². The lowest BCUT2D eigenvalue weighted by Gasteiger charge is -1.99. The zero-order valence-corrected chi connectivity index (χ0v) is 8.94. The first-order chi connectivity index (χ1) is 8.27. The van der Waals surface area contributed by atoms with Crippen molar-refractivity contribution >= 4 is 21.7 Å². The molecule has 3 heteroatoms. The van der Waals surface area contributed by atoms with Crippen LogP contribution in [0.3, 0.4) is 0 Å². The van der Waals surface area contributed by atoms with Crippen LogP contribution in [0.4, 0.5) is 0 Å². The first-order valence-corrected chi connectivity index (χ1v) is 5.31. The second-order valence-corrected chi connectivity index (χ2v) is 3.87. The third-order valence-corrected chi connectivity index (χ3v) is 2.83. The van der Waals surface area contributed by atoms with Gasteiger partial charge < -0.3 is 4.98 Å². The lowest BCUT2D eigenvalue weighted by Crippen LogP contribution is -2.08. The van der Waals surface area contributed by atoms with Crippen molar-refractivity contribution in [2.24, 2.45) is 0 Å². The third kappa shape index (κ3) is 1.44. The second-order valence-electron chi connectivity index (χ2n) is 3.87. The number of hydrogen-bond donors (Lipinski definition) is 1. The Hall–Kier alpha value is -2.42. The molecule has 0 fully saturated rings. The van der Waals surface area contributed by atoms with E-state index in [2.05, 4.69) is 4.98 Å². The molecule has 0 saturated carbocycles. The molecule has 3 nitrogen and oxygen atoms in total. The Balaban J connectivity index is 2.79. The molecule has 3 rings (SSSR count). The van der Waals surface area contributed by atoms with E-state index < -0.39 is 0 Å². The number of H-pyrrole nitrogens is 1. The molecule has 0 spiro atoms.